The summed E-state index contributed by atoms with van der Waals surface area (Å²) in [5.41, 5.74) is 1.48. The first-order chi connectivity index (χ1) is 9.24. The summed E-state index contributed by atoms with van der Waals surface area (Å²) in [6, 6.07) is 1.77. The Labute approximate surface area is 109 Å². The van der Waals surface area contributed by atoms with Crippen molar-refractivity contribution in [1.82, 2.24) is 29.7 Å². The molecule has 0 fully saturated rings. The zero-order valence-corrected chi connectivity index (χ0v) is 10.6. The molecule has 0 amide bonds. The first kappa shape index (κ1) is 11.5. The fraction of sp³-hybridized carbons (Fsp3) is 0.250. The van der Waals surface area contributed by atoms with E-state index in [2.05, 4.69) is 25.1 Å². The van der Waals surface area contributed by atoms with Gasteiger partial charge in [0.2, 0.25) is 0 Å². The van der Waals surface area contributed by atoms with Crippen LogP contribution in [0.2, 0.25) is 0 Å². The van der Waals surface area contributed by atoms with E-state index in [-0.39, 0.29) is 6.04 Å². The molecule has 1 atom stereocenters. The summed E-state index contributed by atoms with van der Waals surface area (Å²) >= 11 is 0. The van der Waals surface area contributed by atoms with Crippen molar-refractivity contribution in [3.63, 3.8) is 0 Å². The van der Waals surface area contributed by atoms with Crippen molar-refractivity contribution in [2.45, 2.75) is 19.9 Å². The van der Waals surface area contributed by atoms with Crippen molar-refractivity contribution in [3.05, 3.63) is 42.6 Å². The van der Waals surface area contributed by atoms with Crippen LogP contribution in [0.4, 0.5) is 0 Å². The van der Waals surface area contributed by atoms with E-state index < -0.39 is 0 Å². The highest BCUT2D eigenvalue weighted by Gasteiger charge is 2.16. The topological polar surface area (TPSA) is 82.5 Å². The molecule has 3 aromatic heterocycles. The number of imidazole rings is 1. The van der Waals surface area contributed by atoms with E-state index in [0.717, 1.165) is 5.69 Å². The lowest BCUT2D eigenvalue weighted by Gasteiger charge is -2.06. The van der Waals surface area contributed by atoms with Gasteiger partial charge in [-0.15, -0.1) is 0 Å². The number of hydrogen-bond donors (Lipinski definition) is 0. The summed E-state index contributed by atoms with van der Waals surface area (Å²) in [5.74, 6) is 0.983. The first-order valence-corrected chi connectivity index (χ1v) is 5.84. The summed E-state index contributed by atoms with van der Waals surface area (Å²) in [4.78, 5) is 16.5. The van der Waals surface area contributed by atoms with Gasteiger partial charge < -0.3 is 9.09 Å². The lowest BCUT2D eigenvalue weighted by atomic mass is 10.3. The Kier molecular flexibility index (Phi) is 2.79. The van der Waals surface area contributed by atoms with Crippen LogP contribution in [-0.2, 0) is 0 Å². The zero-order chi connectivity index (χ0) is 13.2. The van der Waals surface area contributed by atoms with E-state index in [4.69, 9.17) is 4.52 Å². The first-order valence-electron chi connectivity index (χ1n) is 5.84. The van der Waals surface area contributed by atoms with Crippen molar-refractivity contribution in [2.24, 2.45) is 0 Å². The van der Waals surface area contributed by atoms with E-state index >= 15 is 0 Å². The maximum Gasteiger partial charge on any atom is 0.276 e. The summed E-state index contributed by atoms with van der Waals surface area (Å²) in [5, 5.41) is 3.98. The zero-order valence-electron chi connectivity index (χ0n) is 10.6. The molecule has 0 aliphatic heterocycles. The Morgan fingerprint density at radius 2 is 2.21 bits per heavy atom. The quantitative estimate of drug-likeness (QED) is 0.708. The van der Waals surface area contributed by atoms with Gasteiger partial charge in [-0.2, -0.15) is 4.98 Å². The van der Waals surface area contributed by atoms with Crippen molar-refractivity contribution < 1.29 is 4.52 Å². The van der Waals surface area contributed by atoms with Crippen LogP contribution in [0, 0.1) is 6.92 Å². The number of rotatable bonds is 3. The Morgan fingerprint density at radius 3 is 2.95 bits per heavy atom. The van der Waals surface area contributed by atoms with Crippen molar-refractivity contribution in [1.29, 1.82) is 0 Å². The summed E-state index contributed by atoms with van der Waals surface area (Å²) in [6.45, 7) is 3.86. The molecule has 7 nitrogen and oxygen atoms in total. The average molecular weight is 256 g/mol. The molecular formula is C12H12N6O. The Morgan fingerprint density at radius 1 is 1.32 bits per heavy atom. The fourth-order valence-electron chi connectivity index (χ4n) is 1.71. The molecule has 0 spiro atoms. The number of nitrogens with zero attached hydrogens (tertiary/aromatic N) is 6. The van der Waals surface area contributed by atoms with Gasteiger partial charge in [0.25, 0.3) is 5.89 Å². The maximum atomic E-state index is 5.24. The van der Waals surface area contributed by atoms with Gasteiger partial charge in [-0.05, 0) is 19.9 Å². The third-order valence-corrected chi connectivity index (χ3v) is 2.81. The molecule has 7 heteroatoms. The van der Waals surface area contributed by atoms with Crippen molar-refractivity contribution >= 4 is 0 Å². The average Bonchev–Trinajstić information content (AvgIpc) is 3.10. The normalized spacial score (nSPS) is 12.5. The molecular weight excluding hydrogens is 244 g/mol. The van der Waals surface area contributed by atoms with E-state index in [1.54, 1.807) is 18.6 Å². The van der Waals surface area contributed by atoms with Crippen LogP contribution in [0.5, 0.6) is 0 Å². The molecule has 0 aliphatic carbocycles. The lowest BCUT2D eigenvalue weighted by molar-refractivity contribution is 0.411. The lowest BCUT2D eigenvalue weighted by Crippen LogP contribution is -2.06. The van der Waals surface area contributed by atoms with Crippen LogP contribution in [0.15, 0.2) is 35.6 Å². The molecule has 3 aromatic rings. The van der Waals surface area contributed by atoms with E-state index in [9.17, 15) is 0 Å². The highest BCUT2D eigenvalue weighted by Crippen LogP contribution is 2.19. The Balaban J connectivity index is 1.91. The Hall–Kier alpha value is -2.57. The molecule has 0 aromatic carbocycles. The summed E-state index contributed by atoms with van der Waals surface area (Å²) < 4.78 is 7.14. The maximum absolute atomic E-state index is 5.24. The van der Waals surface area contributed by atoms with Gasteiger partial charge in [-0.3, -0.25) is 0 Å². The smallest absolute Gasteiger partial charge is 0.276 e. The fourth-order valence-corrected chi connectivity index (χ4v) is 1.71. The molecule has 0 radical (unpaired) electrons. The molecule has 3 rings (SSSR count). The predicted molar refractivity (Wildman–Crippen MR) is 66.1 cm³/mol. The second kappa shape index (κ2) is 4.60. The SMILES string of the molecule is Cc1cc(-c2nc([C@@H](C)n3ccnc3)no2)ncn1. The minimum Gasteiger partial charge on any atom is -0.332 e. The van der Waals surface area contributed by atoms with E-state index in [1.807, 2.05) is 24.6 Å². The molecule has 3 heterocycles. The van der Waals surface area contributed by atoms with Crippen LogP contribution in [0.3, 0.4) is 0 Å². The third-order valence-electron chi connectivity index (χ3n) is 2.81. The van der Waals surface area contributed by atoms with E-state index in [1.165, 1.54) is 6.33 Å². The van der Waals surface area contributed by atoms with Gasteiger partial charge in [-0.1, -0.05) is 5.16 Å². The van der Waals surface area contributed by atoms with Crippen molar-refractivity contribution in [3.8, 4) is 11.6 Å². The summed E-state index contributed by atoms with van der Waals surface area (Å²) in [7, 11) is 0. The minimum atomic E-state index is -0.0389. The van der Waals surface area contributed by atoms with E-state index in [0.29, 0.717) is 17.4 Å². The van der Waals surface area contributed by atoms with Crippen molar-refractivity contribution in [2.75, 3.05) is 0 Å². The largest absolute Gasteiger partial charge is 0.332 e. The van der Waals surface area contributed by atoms with Crippen LogP contribution in [0.1, 0.15) is 24.5 Å². The van der Waals surface area contributed by atoms with Gasteiger partial charge in [0, 0.05) is 18.1 Å². The minimum absolute atomic E-state index is 0.0389. The second-order valence-electron chi connectivity index (χ2n) is 4.19. The molecule has 19 heavy (non-hydrogen) atoms. The van der Waals surface area contributed by atoms with Crippen LogP contribution >= 0.6 is 0 Å². The number of aromatic nitrogens is 6. The van der Waals surface area contributed by atoms with Gasteiger partial charge >= 0.3 is 0 Å². The Bertz CT molecular complexity index is 675. The molecule has 0 N–H and O–H groups in total. The molecule has 0 saturated heterocycles. The van der Waals surface area contributed by atoms with Gasteiger partial charge in [0.1, 0.15) is 12.0 Å². The van der Waals surface area contributed by atoms with Gasteiger partial charge in [-0.25, -0.2) is 15.0 Å². The third kappa shape index (κ3) is 2.22. The highest BCUT2D eigenvalue weighted by molar-refractivity contribution is 5.46. The molecule has 0 aliphatic rings. The van der Waals surface area contributed by atoms with Gasteiger partial charge in [0.05, 0.1) is 12.4 Å². The molecule has 0 unspecified atom stereocenters. The number of aryl methyl sites for hydroxylation is 1. The highest BCUT2D eigenvalue weighted by atomic mass is 16.5. The molecule has 96 valence electrons. The molecule has 0 bridgehead atoms. The molecule has 0 saturated carbocycles. The second-order valence-corrected chi connectivity index (χ2v) is 4.19. The van der Waals surface area contributed by atoms with Crippen LogP contribution < -0.4 is 0 Å². The predicted octanol–water partition coefficient (Wildman–Crippen LogP) is 1.64. The van der Waals surface area contributed by atoms with Crippen LogP contribution in [-0.4, -0.2) is 29.7 Å². The standard InChI is InChI=1S/C12H12N6O/c1-8-5-10(15-6-14-8)12-16-11(17-19-12)9(2)18-4-3-13-7-18/h3-7,9H,1-2H3/t9-/m1/s1. The number of hydrogen-bond acceptors (Lipinski definition) is 6. The van der Waals surface area contributed by atoms with Gasteiger partial charge in [0.15, 0.2) is 5.82 Å². The summed E-state index contributed by atoms with van der Waals surface area (Å²) in [6.07, 6.45) is 6.77. The van der Waals surface area contributed by atoms with Crippen LogP contribution in [0.25, 0.3) is 11.6 Å². The monoisotopic (exact) mass is 256 g/mol.